The summed E-state index contributed by atoms with van der Waals surface area (Å²) < 4.78 is 5.18. The van der Waals surface area contributed by atoms with Crippen molar-refractivity contribution in [1.29, 1.82) is 0 Å². The van der Waals surface area contributed by atoms with E-state index in [1.54, 1.807) is 12.1 Å². The van der Waals surface area contributed by atoms with Gasteiger partial charge in [-0.2, -0.15) is 5.10 Å². The molecule has 0 aliphatic heterocycles. The van der Waals surface area contributed by atoms with E-state index in [2.05, 4.69) is 41.1 Å². The molecule has 0 atom stereocenters. The third-order valence-corrected chi connectivity index (χ3v) is 2.60. The van der Waals surface area contributed by atoms with E-state index in [1.165, 1.54) is 12.3 Å². The van der Waals surface area contributed by atoms with Gasteiger partial charge in [-0.3, -0.25) is 0 Å². The highest BCUT2D eigenvalue weighted by Crippen LogP contribution is 2.20. The van der Waals surface area contributed by atoms with Gasteiger partial charge in [0.15, 0.2) is 17.3 Å². The number of amidine groups is 1. The van der Waals surface area contributed by atoms with Crippen molar-refractivity contribution in [3.63, 3.8) is 0 Å². The van der Waals surface area contributed by atoms with Gasteiger partial charge in [-0.1, -0.05) is 15.9 Å². The van der Waals surface area contributed by atoms with Crippen LogP contribution in [0.4, 0.5) is 5.82 Å². The van der Waals surface area contributed by atoms with Gasteiger partial charge in [0, 0.05) is 10.0 Å². The highest BCUT2D eigenvalue weighted by molar-refractivity contribution is 9.10. The molecule has 2 aromatic rings. The van der Waals surface area contributed by atoms with E-state index >= 15 is 0 Å². The number of aromatic nitrogens is 2. The van der Waals surface area contributed by atoms with Crippen molar-refractivity contribution in [1.82, 2.24) is 10.3 Å². The summed E-state index contributed by atoms with van der Waals surface area (Å²) in [4.78, 5) is 0. The normalized spacial score (nSPS) is 12.2. The van der Waals surface area contributed by atoms with Crippen LogP contribution < -0.4 is 11.5 Å². The van der Waals surface area contributed by atoms with Crippen molar-refractivity contribution in [3.8, 4) is 5.75 Å². The Bertz CT molecular complexity index is 651. The van der Waals surface area contributed by atoms with Crippen LogP contribution >= 0.6 is 15.9 Å². The molecule has 98 valence electrons. The van der Waals surface area contributed by atoms with Gasteiger partial charge in [-0.05, 0) is 28.5 Å². The summed E-state index contributed by atoms with van der Waals surface area (Å²) in [7, 11) is 0. The predicted molar refractivity (Wildman–Crippen MR) is 72.8 cm³/mol. The molecule has 0 radical (unpaired) electrons. The summed E-state index contributed by atoms with van der Waals surface area (Å²) in [5.74, 6) is 0.0644. The van der Waals surface area contributed by atoms with Crippen molar-refractivity contribution in [2.75, 3.05) is 5.73 Å². The Hall–Kier alpha value is -2.42. The summed E-state index contributed by atoms with van der Waals surface area (Å²) in [5, 5.41) is 23.8. The predicted octanol–water partition coefficient (Wildman–Crippen LogP) is 0.859. The van der Waals surface area contributed by atoms with E-state index in [-0.39, 0.29) is 23.1 Å². The summed E-state index contributed by atoms with van der Waals surface area (Å²) in [6.45, 7) is 0. The van der Waals surface area contributed by atoms with Gasteiger partial charge >= 0.3 is 0 Å². The first-order valence-corrected chi connectivity index (χ1v) is 5.80. The molecule has 2 rings (SSSR count). The zero-order valence-electron chi connectivity index (χ0n) is 9.49. The molecular weight excluding hydrogens is 316 g/mol. The molecular formula is C10H9BrN6O2. The zero-order valence-corrected chi connectivity index (χ0v) is 11.1. The number of hydrogen-bond donors (Lipinski definition) is 3. The number of anilines is 1. The standard InChI is InChI=1S/C10H9BrN6O2/c11-6-1-2-7(18)5(3-6)4-14-15-9(12)8-10(13)17-19-16-8/h1-4,18H,(H2,12,15)(H2,13,17). The molecule has 5 N–H and O–H groups in total. The monoisotopic (exact) mass is 324 g/mol. The summed E-state index contributed by atoms with van der Waals surface area (Å²) in [6.07, 6.45) is 1.34. The first-order chi connectivity index (χ1) is 9.08. The van der Waals surface area contributed by atoms with Gasteiger partial charge in [-0.15, -0.1) is 5.10 Å². The lowest BCUT2D eigenvalue weighted by atomic mass is 10.2. The SMILES string of the molecule is N/C(=N\N=Cc1cc(Br)ccc1O)c1nonc1N. The van der Waals surface area contributed by atoms with E-state index in [0.29, 0.717) is 5.56 Å². The Morgan fingerprint density at radius 3 is 2.89 bits per heavy atom. The second kappa shape index (κ2) is 5.48. The van der Waals surface area contributed by atoms with Crippen LogP contribution in [0.5, 0.6) is 5.75 Å². The third-order valence-electron chi connectivity index (χ3n) is 2.11. The van der Waals surface area contributed by atoms with E-state index in [4.69, 9.17) is 11.5 Å². The first-order valence-electron chi connectivity index (χ1n) is 5.01. The van der Waals surface area contributed by atoms with Gasteiger partial charge in [0.25, 0.3) is 0 Å². The summed E-state index contributed by atoms with van der Waals surface area (Å²) >= 11 is 3.28. The smallest absolute Gasteiger partial charge is 0.199 e. The maximum atomic E-state index is 9.58. The van der Waals surface area contributed by atoms with E-state index in [1.807, 2.05) is 0 Å². The van der Waals surface area contributed by atoms with E-state index < -0.39 is 0 Å². The van der Waals surface area contributed by atoms with Crippen molar-refractivity contribution in [3.05, 3.63) is 33.9 Å². The summed E-state index contributed by atoms with van der Waals surface area (Å²) in [5.41, 5.74) is 11.6. The number of phenolic OH excluding ortho intramolecular Hbond substituents is 1. The number of halogens is 1. The fraction of sp³-hybridized carbons (Fsp3) is 0. The number of aromatic hydroxyl groups is 1. The van der Waals surface area contributed by atoms with Gasteiger partial charge in [0.05, 0.1) is 6.21 Å². The van der Waals surface area contributed by atoms with Gasteiger partial charge in [-0.25, -0.2) is 4.63 Å². The molecule has 19 heavy (non-hydrogen) atoms. The number of nitrogens with two attached hydrogens (primary N) is 2. The second-order valence-electron chi connectivity index (χ2n) is 3.43. The zero-order chi connectivity index (χ0) is 13.8. The Morgan fingerprint density at radius 2 is 2.21 bits per heavy atom. The molecule has 0 aliphatic rings. The van der Waals surface area contributed by atoms with Crippen molar-refractivity contribution >= 4 is 33.8 Å². The number of rotatable bonds is 3. The maximum absolute atomic E-state index is 9.58. The quantitative estimate of drug-likeness (QED) is 0.435. The molecule has 1 aromatic carbocycles. The van der Waals surface area contributed by atoms with Crippen LogP contribution in [0.2, 0.25) is 0 Å². The highest BCUT2D eigenvalue weighted by atomic mass is 79.9. The van der Waals surface area contributed by atoms with Crippen LogP contribution in [0.25, 0.3) is 0 Å². The average molecular weight is 325 g/mol. The topological polar surface area (TPSA) is 136 Å². The molecule has 0 saturated heterocycles. The fourth-order valence-corrected chi connectivity index (χ4v) is 1.58. The lowest BCUT2D eigenvalue weighted by Crippen LogP contribution is -2.15. The van der Waals surface area contributed by atoms with Crippen LogP contribution in [0.15, 0.2) is 37.5 Å². The number of benzene rings is 1. The molecule has 0 fully saturated rings. The minimum absolute atomic E-state index is 0.0294. The van der Waals surface area contributed by atoms with Gasteiger partial charge in [0.1, 0.15) is 5.75 Å². The summed E-state index contributed by atoms with van der Waals surface area (Å²) in [6, 6.07) is 4.90. The molecule has 0 amide bonds. The molecule has 8 nitrogen and oxygen atoms in total. The molecule has 0 spiro atoms. The Balaban J connectivity index is 2.20. The van der Waals surface area contributed by atoms with E-state index in [9.17, 15) is 5.11 Å². The fourth-order valence-electron chi connectivity index (χ4n) is 1.20. The molecule has 9 heteroatoms. The molecule has 1 aromatic heterocycles. The van der Waals surface area contributed by atoms with Gasteiger partial charge < -0.3 is 16.6 Å². The highest BCUT2D eigenvalue weighted by Gasteiger charge is 2.09. The largest absolute Gasteiger partial charge is 0.507 e. The minimum Gasteiger partial charge on any atom is -0.507 e. The van der Waals surface area contributed by atoms with Crippen LogP contribution in [-0.2, 0) is 0 Å². The van der Waals surface area contributed by atoms with Gasteiger partial charge in [0.2, 0.25) is 0 Å². The Labute approximate surface area is 115 Å². The average Bonchev–Trinajstić information content (AvgIpc) is 2.80. The Kier molecular flexibility index (Phi) is 3.76. The maximum Gasteiger partial charge on any atom is 0.199 e. The van der Waals surface area contributed by atoms with Crippen LogP contribution in [0.3, 0.4) is 0 Å². The molecule has 0 bridgehead atoms. The second-order valence-corrected chi connectivity index (χ2v) is 4.35. The molecule has 1 heterocycles. The number of nitrogen functional groups attached to an aromatic ring is 1. The molecule has 0 aliphatic carbocycles. The Morgan fingerprint density at radius 1 is 1.42 bits per heavy atom. The number of nitrogens with zero attached hydrogens (tertiary/aromatic N) is 4. The van der Waals surface area contributed by atoms with E-state index in [0.717, 1.165) is 4.47 Å². The lowest BCUT2D eigenvalue weighted by Gasteiger charge is -1.97. The molecule has 0 unspecified atom stereocenters. The van der Waals surface area contributed by atoms with Crippen LogP contribution in [0.1, 0.15) is 11.3 Å². The molecule has 0 saturated carbocycles. The number of hydrogen-bond acceptors (Lipinski definition) is 7. The van der Waals surface area contributed by atoms with Crippen molar-refractivity contribution in [2.24, 2.45) is 15.9 Å². The first kappa shape index (κ1) is 13.0. The van der Waals surface area contributed by atoms with Crippen molar-refractivity contribution in [2.45, 2.75) is 0 Å². The van der Waals surface area contributed by atoms with Crippen molar-refractivity contribution < 1.29 is 9.74 Å². The minimum atomic E-state index is -0.0375. The van der Waals surface area contributed by atoms with Crippen LogP contribution in [-0.4, -0.2) is 27.5 Å². The lowest BCUT2D eigenvalue weighted by molar-refractivity contribution is 0.308. The third kappa shape index (κ3) is 3.07. The number of phenols is 1. The van der Waals surface area contributed by atoms with Crippen LogP contribution in [0, 0.1) is 0 Å².